The number of carbonyl (C=O) groups excluding carboxylic acids is 2. The number of benzene rings is 2. The van der Waals surface area contributed by atoms with Crippen molar-refractivity contribution >= 4 is 35.2 Å². The number of nitrogens with zero attached hydrogens (tertiary/aromatic N) is 2. The largest absolute Gasteiger partial charge is 0.493 e. The second-order valence-corrected chi connectivity index (χ2v) is 7.80. The molecular formula is C23H24ClN3O3. The van der Waals surface area contributed by atoms with Crippen LogP contribution in [-0.2, 0) is 16.0 Å². The van der Waals surface area contributed by atoms with Gasteiger partial charge in [0.05, 0.1) is 13.2 Å². The third-order valence-electron chi connectivity index (χ3n) is 5.36. The van der Waals surface area contributed by atoms with Crippen LogP contribution < -0.4 is 15.0 Å². The molecule has 6 nitrogen and oxygen atoms in total. The lowest BCUT2D eigenvalue weighted by atomic mass is 10.1. The SMILES string of the molecule is O=C(/C=C/c1ccc2c(c1)CCO2)NCC(=O)N1CCN(c2cccc(Cl)c2)CC1. The van der Waals surface area contributed by atoms with Gasteiger partial charge >= 0.3 is 0 Å². The van der Waals surface area contributed by atoms with E-state index in [2.05, 4.69) is 10.2 Å². The summed E-state index contributed by atoms with van der Waals surface area (Å²) in [6.45, 7) is 3.42. The minimum absolute atomic E-state index is 0.00162. The Labute approximate surface area is 181 Å². The van der Waals surface area contributed by atoms with Crippen LogP contribution >= 0.6 is 11.6 Å². The first-order valence-corrected chi connectivity index (χ1v) is 10.5. The van der Waals surface area contributed by atoms with Crippen LogP contribution in [0.15, 0.2) is 48.5 Å². The van der Waals surface area contributed by atoms with Gasteiger partial charge in [0.2, 0.25) is 11.8 Å². The maximum atomic E-state index is 12.4. The van der Waals surface area contributed by atoms with Gasteiger partial charge in [-0.3, -0.25) is 9.59 Å². The van der Waals surface area contributed by atoms with Gasteiger partial charge in [-0.25, -0.2) is 0 Å². The van der Waals surface area contributed by atoms with E-state index >= 15 is 0 Å². The Morgan fingerprint density at radius 1 is 1.10 bits per heavy atom. The molecule has 2 aliphatic rings. The number of hydrogen-bond donors (Lipinski definition) is 1. The maximum absolute atomic E-state index is 12.4. The number of piperazine rings is 1. The highest BCUT2D eigenvalue weighted by molar-refractivity contribution is 6.30. The molecule has 30 heavy (non-hydrogen) atoms. The summed E-state index contributed by atoms with van der Waals surface area (Å²) in [6, 6.07) is 13.6. The Balaban J connectivity index is 1.22. The number of ether oxygens (including phenoxy) is 1. The van der Waals surface area contributed by atoms with E-state index in [1.165, 1.54) is 6.08 Å². The molecule has 1 N–H and O–H groups in total. The van der Waals surface area contributed by atoms with Crippen LogP contribution in [0, 0.1) is 0 Å². The molecule has 2 aromatic carbocycles. The Kier molecular flexibility index (Phi) is 6.23. The number of halogens is 1. The van der Waals surface area contributed by atoms with Crippen molar-refractivity contribution in [2.24, 2.45) is 0 Å². The molecule has 2 aliphatic heterocycles. The zero-order chi connectivity index (χ0) is 20.9. The van der Waals surface area contributed by atoms with Gasteiger partial charge in [-0.2, -0.15) is 0 Å². The number of rotatable bonds is 5. The van der Waals surface area contributed by atoms with Crippen LogP contribution in [0.25, 0.3) is 6.08 Å². The van der Waals surface area contributed by atoms with Crippen molar-refractivity contribution < 1.29 is 14.3 Å². The molecule has 2 amide bonds. The Morgan fingerprint density at radius 3 is 2.73 bits per heavy atom. The highest BCUT2D eigenvalue weighted by Crippen LogP contribution is 2.26. The molecule has 0 atom stereocenters. The van der Waals surface area contributed by atoms with Crippen molar-refractivity contribution in [1.29, 1.82) is 0 Å². The summed E-state index contributed by atoms with van der Waals surface area (Å²) in [5, 5.41) is 3.38. The summed E-state index contributed by atoms with van der Waals surface area (Å²) in [4.78, 5) is 28.5. The van der Waals surface area contributed by atoms with E-state index in [-0.39, 0.29) is 18.4 Å². The van der Waals surface area contributed by atoms with E-state index in [9.17, 15) is 9.59 Å². The van der Waals surface area contributed by atoms with Gasteiger partial charge in [-0.15, -0.1) is 0 Å². The first-order valence-electron chi connectivity index (χ1n) is 10.1. The highest BCUT2D eigenvalue weighted by Gasteiger charge is 2.21. The van der Waals surface area contributed by atoms with E-state index < -0.39 is 0 Å². The fourth-order valence-electron chi connectivity index (χ4n) is 3.70. The van der Waals surface area contributed by atoms with Crippen molar-refractivity contribution in [3.63, 3.8) is 0 Å². The molecule has 0 aromatic heterocycles. The van der Waals surface area contributed by atoms with Gasteiger partial charge in [0.15, 0.2) is 0 Å². The minimum atomic E-state index is -0.280. The van der Waals surface area contributed by atoms with Crippen molar-refractivity contribution in [1.82, 2.24) is 10.2 Å². The monoisotopic (exact) mass is 425 g/mol. The van der Waals surface area contributed by atoms with E-state index in [0.29, 0.717) is 24.7 Å². The Bertz CT molecular complexity index is 968. The molecule has 4 rings (SSSR count). The average Bonchev–Trinajstić information content (AvgIpc) is 3.24. The summed E-state index contributed by atoms with van der Waals surface area (Å²) >= 11 is 6.06. The average molecular weight is 426 g/mol. The molecule has 0 aliphatic carbocycles. The Morgan fingerprint density at radius 2 is 1.93 bits per heavy atom. The molecule has 2 aromatic rings. The molecular weight excluding hydrogens is 402 g/mol. The number of hydrogen-bond acceptors (Lipinski definition) is 4. The quantitative estimate of drug-likeness (QED) is 0.748. The molecule has 0 bridgehead atoms. The molecule has 156 valence electrons. The molecule has 0 radical (unpaired) electrons. The van der Waals surface area contributed by atoms with Crippen molar-refractivity contribution in [2.75, 3.05) is 44.2 Å². The lowest BCUT2D eigenvalue weighted by Crippen LogP contribution is -2.51. The molecule has 0 unspecified atom stereocenters. The topological polar surface area (TPSA) is 61.9 Å². The van der Waals surface area contributed by atoms with Crippen LogP contribution in [0.5, 0.6) is 5.75 Å². The van der Waals surface area contributed by atoms with Crippen molar-refractivity contribution in [3.05, 3.63) is 64.7 Å². The molecule has 0 saturated carbocycles. The van der Waals surface area contributed by atoms with E-state index in [4.69, 9.17) is 16.3 Å². The van der Waals surface area contributed by atoms with Crippen LogP contribution in [0.1, 0.15) is 11.1 Å². The summed E-state index contributed by atoms with van der Waals surface area (Å²) in [6.07, 6.45) is 4.10. The van der Waals surface area contributed by atoms with Gasteiger partial charge in [0, 0.05) is 49.4 Å². The number of carbonyl (C=O) groups is 2. The summed E-state index contributed by atoms with van der Waals surface area (Å²) in [5.41, 5.74) is 3.16. The van der Waals surface area contributed by atoms with Gasteiger partial charge in [0.25, 0.3) is 0 Å². The van der Waals surface area contributed by atoms with E-state index in [0.717, 1.165) is 42.1 Å². The molecule has 0 spiro atoms. The van der Waals surface area contributed by atoms with Crippen LogP contribution in [-0.4, -0.2) is 56.0 Å². The van der Waals surface area contributed by atoms with Crippen LogP contribution in [0.4, 0.5) is 5.69 Å². The first-order chi connectivity index (χ1) is 14.6. The standard InChI is InChI=1S/C23H24ClN3O3/c24-19-2-1-3-20(15-19)26-9-11-27(12-10-26)23(29)16-25-22(28)7-5-17-4-6-21-18(14-17)8-13-30-21/h1-7,14-15H,8-13,16H2,(H,25,28)/b7-5+. The predicted octanol–water partition coefficient (Wildman–Crippen LogP) is 2.75. The molecule has 1 fully saturated rings. The molecule has 1 saturated heterocycles. The normalized spacial score (nSPS) is 15.8. The zero-order valence-electron chi connectivity index (χ0n) is 16.6. The minimum Gasteiger partial charge on any atom is -0.493 e. The summed E-state index contributed by atoms with van der Waals surface area (Å²) in [7, 11) is 0. The Hall–Kier alpha value is -2.99. The second kappa shape index (κ2) is 9.22. The van der Waals surface area contributed by atoms with Crippen molar-refractivity contribution in [2.45, 2.75) is 6.42 Å². The molecule has 2 heterocycles. The van der Waals surface area contributed by atoms with Gasteiger partial charge in [-0.1, -0.05) is 23.7 Å². The van der Waals surface area contributed by atoms with E-state index in [1.807, 2.05) is 42.5 Å². The maximum Gasteiger partial charge on any atom is 0.244 e. The summed E-state index contributed by atoms with van der Waals surface area (Å²) < 4.78 is 5.48. The number of anilines is 1. The van der Waals surface area contributed by atoms with Gasteiger partial charge in [0.1, 0.15) is 5.75 Å². The summed E-state index contributed by atoms with van der Waals surface area (Å²) in [5.74, 6) is 0.562. The number of amides is 2. The van der Waals surface area contributed by atoms with E-state index in [1.54, 1.807) is 11.0 Å². The predicted molar refractivity (Wildman–Crippen MR) is 118 cm³/mol. The smallest absolute Gasteiger partial charge is 0.244 e. The van der Waals surface area contributed by atoms with Gasteiger partial charge in [-0.05, 0) is 47.5 Å². The lowest BCUT2D eigenvalue weighted by Gasteiger charge is -2.36. The van der Waals surface area contributed by atoms with Crippen LogP contribution in [0.3, 0.4) is 0 Å². The van der Waals surface area contributed by atoms with Crippen molar-refractivity contribution in [3.8, 4) is 5.75 Å². The third kappa shape index (κ3) is 4.94. The fraction of sp³-hybridized carbons (Fsp3) is 0.304. The second-order valence-electron chi connectivity index (χ2n) is 7.36. The number of nitrogens with one attached hydrogen (secondary N) is 1. The number of fused-ring (bicyclic) bond motifs is 1. The lowest BCUT2D eigenvalue weighted by molar-refractivity contribution is -0.132. The molecule has 7 heteroatoms. The van der Waals surface area contributed by atoms with Gasteiger partial charge < -0.3 is 19.9 Å². The fourth-order valence-corrected chi connectivity index (χ4v) is 3.89. The zero-order valence-corrected chi connectivity index (χ0v) is 17.4. The first kappa shape index (κ1) is 20.3. The van der Waals surface area contributed by atoms with Crippen LogP contribution in [0.2, 0.25) is 5.02 Å². The highest BCUT2D eigenvalue weighted by atomic mass is 35.5. The third-order valence-corrected chi connectivity index (χ3v) is 5.60.